The number of hydrogen-bond donors (Lipinski definition) is 2. The maximum absolute atomic E-state index is 13.5. The number of carbonyl (C=O) groups is 2. The highest BCUT2D eigenvalue weighted by molar-refractivity contribution is 7.22. The number of nitrogens with zero attached hydrogens (tertiary/aromatic N) is 2. The van der Waals surface area contributed by atoms with E-state index in [2.05, 4.69) is 4.98 Å². The van der Waals surface area contributed by atoms with Crippen LogP contribution in [0.15, 0.2) is 66.2 Å². The molecular weight excluding hydrogens is 528 g/mol. The summed E-state index contributed by atoms with van der Waals surface area (Å²) in [7, 11) is 0. The number of thiazole rings is 1. The number of aromatic hydroxyl groups is 1. The molecule has 0 radical (unpaired) electrons. The predicted molar refractivity (Wildman–Crippen MR) is 146 cm³/mol. The zero-order valence-corrected chi connectivity index (χ0v) is 22.0. The van der Waals surface area contributed by atoms with Gasteiger partial charge in [0.15, 0.2) is 5.13 Å². The summed E-state index contributed by atoms with van der Waals surface area (Å²) in [5, 5.41) is 22.2. The van der Waals surface area contributed by atoms with Crippen molar-refractivity contribution in [3.63, 3.8) is 0 Å². The van der Waals surface area contributed by atoms with Crippen LogP contribution in [0.2, 0.25) is 5.02 Å². The number of fused-ring (bicyclic) bond motifs is 1. The van der Waals surface area contributed by atoms with Crippen LogP contribution in [0.3, 0.4) is 0 Å². The average Bonchev–Trinajstić information content (AvgIpc) is 3.42. The SMILES string of the molecule is CCOc1ccc(/C(O)=C2\C(=O)C(=O)N(c3nc4ccc(Cl)cc4s3)C2c2ccc(O)cc2)c(OCC)c1. The summed E-state index contributed by atoms with van der Waals surface area (Å²) in [6, 6.07) is 15.1. The van der Waals surface area contributed by atoms with Gasteiger partial charge in [-0.15, -0.1) is 0 Å². The molecule has 8 nitrogen and oxygen atoms in total. The summed E-state index contributed by atoms with van der Waals surface area (Å²) < 4.78 is 12.0. The van der Waals surface area contributed by atoms with Crippen LogP contribution in [0.25, 0.3) is 16.0 Å². The lowest BCUT2D eigenvalue weighted by molar-refractivity contribution is -0.132. The van der Waals surface area contributed by atoms with Crippen molar-refractivity contribution < 1.29 is 29.3 Å². The van der Waals surface area contributed by atoms with Crippen LogP contribution in [0.4, 0.5) is 5.13 Å². The van der Waals surface area contributed by atoms with Crippen molar-refractivity contribution >= 4 is 55.7 Å². The zero-order valence-electron chi connectivity index (χ0n) is 20.5. The number of aliphatic hydroxyl groups is 1. The van der Waals surface area contributed by atoms with Gasteiger partial charge in [-0.2, -0.15) is 0 Å². The van der Waals surface area contributed by atoms with Crippen LogP contribution in [0, 0.1) is 0 Å². The molecule has 1 unspecified atom stereocenters. The Labute approximate surface area is 227 Å². The van der Waals surface area contributed by atoms with Gasteiger partial charge in [0.05, 0.1) is 40.6 Å². The third-order valence-electron chi connectivity index (χ3n) is 6.02. The van der Waals surface area contributed by atoms with E-state index in [1.807, 2.05) is 6.92 Å². The molecular formula is C28H23ClN2O6S. The van der Waals surface area contributed by atoms with Gasteiger partial charge in [0.25, 0.3) is 5.78 Å². The van der Waals surface area contributed by atoms with Crippen LogP contribution in [-0.2, 0) is 9.59 Å². The molecule has 2 N–H and O–H groups in total. The number of phenolic OH excluding ortho intramolecular Hbond substituents is 1. The molecule has 0 bridgehead atoms. The number of hydrogen-bond acceptors (Lipinski definition) is 8. The number of aromatic nitrogens is 1. The lowest BCUT2D eigenvalue weighted by Gasteiger charge is -2.23. The molecule has 1 aliphatic rings. The summed E-state index contributed by atoms with van der Waals surface area (Å²) >= 11 is 7.35. The molecule has 0 saturated carbocycles. The molecule has 3 aromatic carbocycles. The Hall–Kier alpha value is -4.08. The second kappa shape index (κ2) is 10.4. The minimum atomic E-state index is -1.01. The van der Waals surface area contributed by atoms with Gasteiger partial charge >= 0.3 is 5.91 Å². The molecule has 10 heteroatoms. The average molecular weight is 551 g/mol. The quantitative estimate of drug-likeness (QED) is 0.163. The van der Waals surface area contributed by atoms with Crippen LogP contribution in [0.5, 0.6) is 17.2 Å². The standard InChI is InChI=1S/C28H23ClN2O6S/c1-3-36-18-10-11-19(21(14-18)37-4-2)25(33)23-24(15-5-8-17(32)9-6-15)31(27(35)26(23)34)28-30-20-12-7-16(29)13-22(20)38-28/h5-14,24,32-33H,3-4H2,1-2H3/b25-23+. The largest absolute Gasteiger partial charge is 0.508 e. The molecule has 1 aliphatic heterocycles. The number of halogens is 1. The van der Waals surface area contributed by atoms with Crippen molar-refractivity contribution in [2.45, 2.75) is 19.9 Å². The Morgan fingerprint density at radius 1 is 1.03 bits per heavy atom. The van der Waals surface area contributed by atoms with Gasteiger partial charge in [0.2, 0.25) is 0 Å². The third kappa shape index (κ3) is 4.55. The number of Topliss-reactive ketones (excluding diaryl/α,β-unsaturated/α-hetero) is 1. The molecule has 1 aromatic heterocycles. The fourth-order valence-corrected chi connectivity index (χ4v) is 5.63. The summed E-state index contributed by atoms with van der Waals surface area (Å²) in [6.07, 6.45) is 0. The van der Waals surface area contributed by atoms with Gasteiger partial charge in [-0.05, 0) is 61.9 Å². The monoisotopic (exact) mass is 550 g/mol. The maximum Gasteiger partial charge on any atom is 0.301 e. The molecule has 1 saturated heterocycles. The van der Waals surface area contributed by atoms with E-state index in [0.717, 1.165) is 4.70 Å². The van der Waals surface area contributed by atoms with Gasteiger partial charge < -0.3 is 19.7 Å². The van der Waals surface area contributed by atoms with Crippen LogP contribution in [0.1, 0.15) is 31.0 Å². The van der Waals surface area contributed by atoms with E-state index in [0.29, 0.717) is 40.8 Å². The predicted octanol–water partition coefficient (Wildman–Crippen LogP) is 6.08. The smallest absolute Gasteiger partial charge is 0.301 e. The molecule has 4 aromatic rings. The van der Waals surface area contributed by atoms with Gasteiger partial charge in [0, 0.05) is 11.1 Å². The lowest BCUT2D eigenvalue weighted by atomic mass is 9.95. The van der Waals surface area contributed by atoms with Crippen molar-refractivity contribution in [3.8, 4) is 17.2 Å². The number of benzene rings is 3. The van der Waals surface area contributed by atoms with E-state index in [-0.39, 0.29) is 27.8 Å². The molecule has 0 aliphatic carbocycles. The Morgan fingerprint density at radius 3 is 2.47 bits per heavy atom. The number of ketones is 1. The number of amides is 1. The third-order valence-corrected chi connectivity index (χ3v) is 7.27. The Balaban J connectivity index is 1.72. The van der Waals surface area contributed by atoms with Crippen LogP contribution < -0.4 is 14.4 Å². The number of ether oxygens (including phenoxy) is 2. The second-order valence-electron chi connectivity index (χ2n) is 8.39. The molecule has 194 valence electrons. The van der Waals surface area contributed by atoms with Crippen molar-refractivity contribution in [1.82, 2.24) is 4.98 Å². The highest BCUT2D eigenvalue weighted by Crippen LogP contribution is 2.45. The summed E-state index contributed by atoms with van der Waals surface area (Å²) in [6.45, 7) is 4.39. The molecule has 1 amide bonds. The fourth-order valence-electron chi connectivity index (χ4n) is 4.37. The highest BCUT2D eigenvalue weighted by atomic mass is 35.5. The number of aliphatic hydroxyl groups excluding tert-OH is 1. The molecule has 38 heavy (non-hydrogen) atoms. The van der Waals surface area contributed by atoms with Crippen molar-refractivity contribution in [1.29, 1.82) is 0 Å². The van der Waals surface area contributed by atoms with Crippen molar-refractivity contribution in [2.24, 2.45) is 0 Å². The lowest BCUT2D eigenvalue weighted by Crippen LogP contribution is -2.29. The van der Waals surface area contributed by atoms with Gasteiger partial charge in [-0.25, -0.2) is 4.98 Å². The summed E-state index contributed by atoms with van der Waals surface area (Å²) in [5.41, 5.74) is 1.24. The second-order valence-corrected chi connectivity index (χ2v) is 9.84. The van der Waals surface area contributed by atoms with E-state index >= 15 is 0 Å². The normalized spacial score (nSPS) is 16.8. The van der Waals surface area contributed by atoms with Gasteiger partial charge in [-0.3, -0.25) is 14.5 Å². The number of carbonyl (C=O) groups excluding carboxylic acids is 2. The number of rotatable bonds is 7. The number of anilines is 1. The Bertz CT molecular complexity index is 1580. The topological polar surface area (TPSA) is 109 Å². The molecule has 5 rings (SSSR count). The van der Waals surface area contributed by atoms with Gasteiger partial charge in [0.1, 0.15) is 23.0 Å². The fraction of sp³-hybridized carbons (Fsp3) is 0.179. The molecule has 0 spiro atoms. The highest BCUT2D eigenvalue weighted by Gasteiger charge is 2.48. The van der Waals surface area contributed by atoms with E-state index in [9.17, 15) is 19.8 Å². The van der Waals surface area contributed by atoms with Gasteiger partial charge in [-0.1, -0.05) is 35.1 Å². The van der Waals surface area contributed by atoms with Crippen LogP contribution >= 0.6 is 22.9 Å². The van der Waals surface area contributed by atoms with Crippen molar-refractivity contribution in [2.75, 3.05) is 18.1 Å². The maximum atomic E-state index is 13.5. The molecule has 2 heterocycles. The first-order valence-electron chi connectivity index (χ1n) is 11.9. The minimum Gasteiger partial charge on any atom is -0.508 e. The van der Waals surface area contributed by atoms with E-state index in [1.54, 1.807) is 55.5 Å². The van der Waals surface area contributed by atoms with Crippen LogP contribution in [-0.4, -0.2) is 40.1 Å². The Kier molecular flexibility index (Phi) is 6.96. The summed E-state index contributed by atoms with van der Waals surface area (Å²) in [4.78, 5) is 32.8. The number of phenols is 1. The molecule has 1 fully saturated rings. The first kappa shape index (κ1) is 25.6. The van der Waals surface area contributed by atoms with E-state index in [4.69, 9.17) is 21.1 Å². The van der Waals surface area contributed by atoms with Crippen molar-refractivity contribution in [3.05, 3.63) is 82.4 Å². The minimum absolute atomic E-state index is 0.0190. The van der Waals surface area contributed by atoms with E-state index < -0.39 is 17.7 Å². The summed E-state index contributed by atoms with van der Waals surface area (Å²) in [5.74, 6) is -1.23. The zero-order chi connectivity index (χ0) is 27.0. The first-order chi connectivity index (χ1) is 18.3. The Morgan fingerprint density at radius 2 is 1.76 bits per heavy atom. The molecule has 1 atom stereocenters. The van der Waals surface area contributed by atoms with E-state index in [1.165, 1.54) is 28.4 Å². The first-order valence-corrected chi connectivity index (χ1v) is 13.1.